The van der Waals surface area contributed by atoms with Crippen LogP contribution in [0, 0.1) is 12.8 Å². The van der Waals surface area contributed by atoms with Gasteiger partial charge in [-0.25, -0.2) is 0 Å². The second-order valence-corrected chi connectivity index (χ2v) is 6.97. The predicted molar refractivity (Wildman–Crippen MR) is 91.3 cm³/mol. The molecule has 1 N–H and O–H groups in total. The van der Waals surface area contributed by atoms with Crippen molar-refractivity contribution in [3.05, 3.63) is 41.5 Å². The second-order valence-electron chi connectivity index (χ2n) is 5.95. The molecule has 1 unspecified atom stereocenters. The van der Waals surface area contributed by atoms with Gasteiger partial charge in [0.05, 0.1) is 17.2 Å². The van der Waals surface area contributed by atoms with Gasteiger partial charge in [0.1, 0.15) is 0 Å². The van der Waals surface area contributed by atoms with Crippen molar-refractivity contribution in [3.8, 4) is 0 Å². The number of carboxylic acid groups (broad SMARTS) is 1. The van der Waals surface area contributed by atoms with Crippen molar-refractivity contribution in [1.29, 1.82) is 0 Å². The summed E-state index contributed by atoms with van der Waals surface area (Å²) in [4.78, 5) is 30.7. The molecule has 0 spiro atoms. The maximum Gasteiger partial charge on any atom is 0.308 e. The van der Waals surface area contributed by atoms with Crippen LogP contribution in [0.1, 0.15) is 34.9 Å². The fourth-order valence-corrected chi connectivity index (χ4v) is 3.72. The summed E-state index contributed by atoms with van der Waals surface area (Å²) in [5, 5.41) is 13.0. The van der Waals surface area contributed by atoms with Gasteiger partial charge in [-0.3, -0.25) is 9.59 Å². The zero-order chi connectivity index (χ0) is 17.8. The van der Waals surface area contributed by atoms with Crippen LogP contribution >= 0.6 is 11.8 Å². The zero-order valence-corrected chi connectivity index (χ0v) is 14.7. The summed E-state index contributed by atoms with van der Waals surface area (Å²) in [7, 11) is 0. The minimum Gasteiger partial charge on any atom is -0.481 e. The highest BCUT2D eigenvalue weighted by molar-refractivity contribution is 7.98. The largest absolute Gasteiger partial charge is 0.481 e. The lowest BCUT2D eigenvalue weighted by Gasteiger charge is -2.31. The van der Waals surface area contributed by atoms with E-state index in [1.807, 2.05) is 18.2 Å². The molecule has 1 atom stereocenters. The van der Waals surface area contributed by atoms with Crippen LogP contribution in [0.2, 0.25) is 0 Å². The number of thioether (sulfide) groups is 1. The molecule has 0 saturated carbocycles. The minimum absolute atomic E-state index is 0.129. The van der Waals surface area contributed by atoms with Crippen molar-refractivity contribution < 1.29 is 19.2 Å². The summed E-state index contributed by atoms with van der Waals surface area (Å²) in [6.45, 7) is 2.60. The molecule has 0 bridgehead atoms. The van der Waals surface area contributed by atoms with Crippen LogP contribution in [0.25, 0.3) is 0 Å². The summed E-state index contributed by atoms with van der Waals surface area (Å²) in [5.41, 5.74) is 0.578. The van der Waals surface area contributed by atoms with Crippen LogP contribution in [0.5, 0.6) is 0 Å². The predicted octanol–water partition coefficient (Wildman–Crippen LogP) is 2.61. The number of piperidine rings is 1. The van der Waals surface area contributed by atoms with Gasteiger partial charge in [0, 0.05) is 18.0 Å². The number of hydrogen-bond acceptors (Lipinski definition) is 6. The number of aliphatic carboxylic acids is 1. The number of likely N-dealkylation sites (tertiary alicyclic amines) is 1. The first kappa shape index (κ1) is 17.5. The van der Waals surface area contributed by atoms with Gasteiger partial charge in [0.15, 0.2) is 5.82 Å². The number of carbonyl (C=O) groups is 2. The van der Waals surface area contributed by atoms with Gasteiger partial charge in [-0.2, -0.15) is 4.98 Å². The molecule has 2 aromatic rings. The van der Waals surface area contributed by atoms with Gasteiger partial charge in [0.25, 0.3) is 5.91 Å². The number of amides is 1. The first-order valence-electron chi connectivity index (χ1n) is 8.07. The van der Waals surface area contributed by atoms with Gasteiger partial charge < -0.3 is 14.5 Å². The van der Waals surface area contributed by atoms with Crippen LogP contribution in [-0.4, -0.2) is 45.1 Å². The van der Waals surface area contributed by atoms with Crippen molar-refractivity contribution in [3.63, 3.8) is 0 Å². The molecular weight excluding hydrogens is 342 g/mol. The Balaban J connectivity index is 1.73. The number of rotatable bonds is 5. The van der Waals surface area contributed by atoms with Gasteiger partial charge in [-0.05, 0) is 31.9 Å². The van der Waals surface area contributed by atoms with Crippen LogP contribution in [0.15, 0.2) is 33.7 Å². The molecule has 0 radical (unpaired) electrons. The fraction of sp³-hybridized carbons (Fsp3) is 0.412. The Hall–Kier alpha value is -2.35. The lowest BCUT2D eigenvalue weighted by atomic mass is 9.97. The topological polar surface area (TPSA) is 96.5 Å². The number of aryl methyl sites for hydroxylation is 1. The summed E-state index contributed by atoms with van der Waals surface area (Å²) in [6.07, 6.45) is 1.32. The Morgan fingerprint density at radius 2 is 2.20 bits per heavy atom. The monoisotopic (exact) mass is 361 g/mol. The van der Waals surface area contributed by atoms with Crippen molar-refractivity contribution >= 4 is 23.6 Å². The van der Waals surface area contributed by atoms with E-state index in [9.17, 15) is 14.7 Å². The lowest BCUT2D eigenvalue weighted by Crippen LogP contribution is -2.42. The maximum absolute atomic E-state index is 12.9. The van der Waals surface area contributed by atoms with Crippen LogP contribution in [0.4, 0.5) is 0 Å². The highest BCUT2D eigenvalue weighted by atomic mass is 32.2. The molecule has 1 amide bonds. The molecule has 1 saturated heterocycles. The molecule has 0 aliphatic carbocycles. The van der Waals surface area contributed by atoms with Crippen LogP contribution in [0.3, 0.4) is 0 Å². The molecule has 1 fully saturated rings. The molecule has 1 aromatic heterocycles. The highest BCUT2D eigenvalue weighted by Gasteiger charge is 2.29. The molecule has 1 aliphatic rings. The Morgan fingerprint density at radius 3 is 2.92 bits per heavy atom. The number of nitrogens with zero attached hydrogens (tertiary/aromatic N) is 3. The van der Waals surface area contributed by atoms with Crippen molar-refractivity contribution in [2.24, 2.45) is 5.92 Å². The third-order valence-corrected chi connectivity index (χ3v) is 5.15. The third-order valence-electron chi connectivity index (χ3n) is 4.10. The smallest absolute Gasteiger partial charge is 0.308 e. The molecule has 3 rings (SSSR count). The molecule has 2 heterocycles. The molecule has 7 nitrogen and oxygen atoms in total. The minimum atomic E-state index is -0.841. The quantitative estimate of drug-likeness (QED) is 0.818. The normalized spacial score (nSPS) is 17.5. The molecule has 8 heteroatoms. The van der Waals surface area contributed by atoms with Crippen molar-refractivity contribution in [2.75, 3.05) is 13.1 Å². The fourth-order valence-electron chi connectivity index (χ4n) is 2.84. The van der Waals surface area contributed by atoms with Gasteiger partial charge in [-0.1, -0.05) is 17.3 Å². The van der Waals surface area contributed by atoms with E-state index in [1.54, 1.807) is 17.9 Å². The molecule has 25 heavy (non-hydrogen) atoms. The van der Waals surface area contributed by atoms with E-state index in [0.29, 0.717) is 42.4 Å². The van der Waals surface area contributed by atoms with Crippen molar-refractivity contribution in [2.45, 2.75) is 30.4 Å². The number of carboxylic acids is 1. The van der Waals surface area contributed by atoms with Gasteiger partial charge >= 0.3 is 5.97 Å². The van der Waals surface area contributed by atoms with Crippen LogP contribution in [-0.2, 0) is 10.5 Å². The first-order valence-corrected chi connectivity index (χ1v) is 9.06. The number of hydrogen-bond donors (Lipinski definition) is 1. The van der Waals surface area contributed by atoms with E-state index in [-0.39, 0.29) is 12.5 Å². The van der Waals surface area contributed by atoms with Crippen LogP contribution < -0.4 is 0 Å². The van der Waals surface area contributed by atoms with Gasteiger partial charge in [0.2, 0.25) is 5.89 Å². The Kier molecular flexibility index (Phi) is 5.37. The van der Waals surface area contributed by atoms with E-state index in [4.69, 9.17) is 4.52 Å². The average Bonchev–Trinajstić information content (AvgIpc) is 3.05. The van der Waals surface area contributed by atoms with E-state index >= 15 is 0 Å². The molecular formula is C17H19N3O4S. The summed E-state index contributed by atoms with van der Waals surface area (Å²) in [6, 6.07) is 7.33. The molecule has 1 aliphatic heterocycles. The van der Waals surface area contributed by atoms with E-state index in [0.717, 1.165) is 4.90 Å². The maximum atomic E-state index is 12.9. The number of aromatic nitrogens is 2. The van der Waals surface area contributed by atoms with E-state index < -0.39 is 11.9 Å². The summed E-state index contributed by atoms with van der Waals surface area (Å²) < 4.78 is 5.10. The summed E-state index contributed by atoms with van der Waals surface area (Å²) >= 11 is 1.45. The Morgan fingerprint density at radius 1 is 1.40 bits per heavy atom. The summed E-state index contributed by atoms with van der Waals surface area (Å²) in [5.74, 6) is 0.103. The average molecular weight is 361 g/mol. The highest BCUT2D eigenvalue weighted by Crippen LogP contribution is 2.28. The first-order chi connectivity index (χ1) is 12.0. The molecule has 1 aromatic carbocycles. The zero-order valence-electron chi connectivity index (χ0n) is 13.8. The van der Waals surface area contributed by atoms with E-state index in [1.165, 1.54) is 11.8 Å². The Labute approximate surface area is 149 Å². The SMILES string of the molecule is Cc1noc(CSc2ccccc2C(=O)N2CCCC(C(=O)O)C2)n1. The van der Waals surface area contributed by atoms with E-state index in [2.05, 4.69) is 10.1 Å². The Bertz CT molecular complexity index is 777. The standard InChI is InChI=1S/C17H19N3O4S/c1-11-18-15(24-19-11)10-25-14-7-3-2-6-13(14)16(21)20-8-4-5-12(9-20)17(22)23/h2-3,6-7,12H,4-5,8-10H2,1H3,(H,22,23). The second kappa shape index (κ2) is 7.69. The van der Waals surface area contributed by atoms with Crippen molar-refractivity contribution in [1.82, 2.24) is 15.0 Å². The number of carbonyl (C=O) groups excluding carboxylic acids is 1. The lowest BCUT2D eigenvalue weighted by molar-refractivity contribution is -0.143. The number of benzene rings is 1. The molecule has 132 valence electrons. The van der Waals surface area contributed by atoms with Gasteiger partial charge in [-0.15, -0.1) is 11.8 Å². The third kappa shape index (κ3) is 4.19.